The van der Waals surface area contributed by atoms with Crippen molar-refractivity contribution < 1.29 is 51.4 Å². The van der Waals surface area contributed by atoms with Crippen molar-refractivity contribution in [2.75, 3.05) is 43.1 Å². The van der Waals surface area contributed by atoms with Crippen molar-refractivity contribution in [1.29, 1.82) is 0 Å². The highest BCUT2D eigenvalue weighted by molar-refractivity contribution is 7.84. The number of hydrogen-bond donors (Lipinski definition) is 3. The van der Waals surface area contributed by atoms with Crippen molar-refractivity contribution in [2.45, 2.75) is 0 Å². The molecule has 0 saturated carbocycles. The second-order valence-electron chi connectivity index (χ2n) is 6.97. The van der Waals surface area contributed by atoms with E-state index < -0.39 is 60.6 Å². The van der Waals surface area contributed by atoms with Crippen LogP contribution in [0, 0.1) is 0 Å². The fraction of sp³-hybridized carbons (Fsp3) is 1.00. The summed E-state index contributed by atoms with van der Waals surface area (Å²) in [5, 5.41) is 0. The molecule has 3 N–H and O–H groups in total. The lowest BCUT2D eigenvalue weighted by molar-refractivity contribution is 0.0365. The summed E-state index contributed by atoms with van der Waals surface area (Å²) in [6, 6.07) is 0. The van der Waals surface area contributed by atoms with Crippen molar-refractivity contribution in [3.05, 3.63) is 0 Å². The van der Waals surface area contributed by atoms with Gasteiger partial charge in [-0.25, -0.2) is 0 Å². The van der Waals surface area contributed by atoms with Gasteiger partial charge in [-0.15, -0.1) is 37.0 Å². The first-order chi connectivity index (χ1) is 15.3. The third-order valence-electron chi connectivity index (χ3n) is 4.58. The molecule has 3 aliphatic heterocycles. The van der Waals surface area contributed by atoms with Crippen LogP contribution in [-0.2, 0) is 37.0 Å². The SMILES string of the molecule is CP[Si]12O[Si](O)(CP)O[Si]3(CP)O[Si](O)(CP)O[Si](PC)(O[Si](O)(CP)O1)O[Si](PC)(O3)O2. The maximum absolute atomic E-state index is 11.5. The molecule has 33 heavy (non-hydrogen) atoms. The molecule has 194 valence electrons. The summed E-state index contributed by atoms with van der Waals surface area (Å²) in [5.74, 6) is 0.257. The smallest absolute Gasteiger partial charge is 0.390 e. The molecule has 0 amide bonds. The van der Waals surface area contributed by atoms with Gasteiger partial charge in [-0.1, -0.05) is 24.4 Å². The van der Waals surface area contributed by atoms with Crippen molar-refractivity contribution in [3.63, 3.8) is 0 Å². The van der Waals surface area contributed by atoms with E-state index in [9.17, 15) is 14.4 Å². The summed E-state index contributed by atoms with van der Waals surface area (Å²) in [5.41, 5.74) is 0. The Morgan fingerprint density at radius 1 is 0.485 bits per heavy atom. The lowest BCUT2D eigenvalue weighted by Crippen LogP contribution is -2.81. The number of hydrogen-bond acceptors (Lipinski definition) is 12. The Morgan fingerprint density at radius 2 is 0.788 bits per heavy atom. The third kappa shape index (κ3) is 6.69. The van der Waals surface area contributed by atoms with Crippen LogP contribution in [0.25, 0.3) is 0 Å². The van der Waals surface area contributed by atoms with Crippen LogP contribution in [0.5, 0.6) is 0 Å². The predicted molar refractivity (Wildman–Crippen MR) is 158 cm³/mol. The minimum atomic E-state index is -4.04. The van der Waals surface area contributed by atoms with Gasteiger partial charge in [0.1, 0.15) is 0 Å². The second kappa shape index (κ2) is 11.5. The third-order valence-corrected chi connectivity index (χ3v) is 49.4. The number of rotatable bonds is 7. The van der Waals surface area contributed by atoms with Crippen molar-refractivity contribution in [3.8, 4) is 0 Å². The molecular formula is C7H31O12P7Si7. The van der Waals surface area contributed by atoms with Gasteiger partial charge in [0.25, 0.3) is 0 Å². The van der Waals surface area contributed by atoms with Crippen LogP contribution in [0.3, 0.4) is 0 Å². The molecule has 11 unspecified atom stereocenters. The van der Waals surface area contributed by atoms with Crippen LogP contribution in [0.2, 0.25) is 0 Å². The van der Waals surface area contributed by atoms with Gasteiger partial charge in [0.05, 0.1) is 0 Å². The average Bonchev–Trinajstić information content (AvgIpc) is 2.75. The Balaban J connectivity index is 2.32. The number of fused-ring (bicyclic) bond motifs is 3. The molecule has 0 aromatic heterocycles. The molecule has 4 bridgehead atoms. The summed E-state index contributed by atoms with van der Waals surface area (Å²) < 4.78 is 57.3. The predicted octanol–water partition coefficient (Wildman–Crippen LogP) is -1.20. The highest BCUT2D eigenvalue weighted by atomic mass is 31.4. The summed E-state index contributed by atoms with van der Waals surface area (Å²) in [6.45, 7) is 5.49. The van der Waals surface area contributed by atoms with Gasteiger partial charge >= 0.3 is 60.6 Å². The fourth-order valence-electron chi connectivity index (χ4n) is 3.03. The molecule has 11 atom stereocenters. The minimum absolute atomic E-state index is 0.0106. The molecule has 0 aromatic carbocycles. The van der Waals surface area contributed by atoms with Gasteiger partial charge in [-0.05, 0) is 20.0 Å². The van der Waals surface area contributed by atoms with Crippen LogP contribution in [-0.4, -0.2) is 118 Å². The van der Waals surface area contributed by atoms with E-state index in [0.29, 0.717) is 0 Å². The van der Waals surface area contributed by atoms with E-state index >= 15 is 0 Å². The quantitative estimate of drug-likeness (QED) is 0.215. The summed E-state index contributed by atoms with van der Waals surface area (Å²) in [6.07, 6.45) is 0. The van der Waals surface area contributed by atoms with Crippen LogP contribution < -0.4 is 0 Å². The van der Waals surface area contributed by atoms with Gasteiger partial charge < -0.3 is 51.4 Å². The van der Waals surface area contributed by atoms with E-state index in [2.05, 4.69) is 37.0 Å². The summed E-state index contributed by atoms with van der Waals surface area (Å²) >= 11 is 0. The van der Waals surface area contributed by atoms with E-state index in [1.54, 1.807) is 0 Å². The lowest BCUT2D eigenvalue weighted by Gasteiger charge is -2.55. The molecule has 0 radical (unpaired) electrons. The van der Waals surface area contributed by atoms with Crippen molar-refractivity contribution in [2.24, 2.45) is 0 Å². The maximum atomic E-state index is 11.5. The molecular weight excluding hydrogens is 689 g/mol. The van der Waals surface area contributed by atoms with Crippen LogP contribution in [0.15, 0.2) is 0 Å². The largest absolute Gasteiger partial charge is 0.501 e. The molecule has 26 heteroatoms. The first-order valence-corrected chi connectivity index (χ1v) is 33.4. The van der Waals surface area contributed by atoms with Gasteiger partial charge in [0.2, 0.25) is 0 Å². The van der Waals surface area contributed by atoms with Gasteiger partial charge in [-0.2, -0.15) is 0 Å². The highest BCUT2D eigenvalue weighted by Gasteiger charge is 2.75. The second-order valence-corrected chi connectivity index (χ2v) is 41.3. The molecule has 3 fully saturated rings. The zero-order chi connectivity index (χ0) is 24.8. The van der Waals surface area contributed by atoms with E-state index in [1.807, 2.05) is 20.0 Å². The topological polar surface area (TPSA) is 144 Å². The first-order valence-electron chi connectivity index (χ1n) is 9.64. The van der Waals surface area contributed by atoms with E-state index in [0.717, 1.165) is 0 Å². The molecule has 3 aliphatic rings. The minimum Gasteiger partial charge on any atom is -0.390 e. The fourth-order valence-corrected chi connectivity index (χ4v) is 61.7. The van der Waals surface area contributed by atoms with E-state index in [-0.39, 0.29) is 47.5 Å². The van der Waals surface area contributed by atoms with Crippen LogP contribution in [0.4, 0.5) is 0 Å². The monoisotopic (exact) mass is 720 g/mol. The van der Waals surface area contributed by atoms with E-state index in [4.69, 9.17) is 37.0 Å². The van der Waals surface area contributed by atoms with E-state index in [1.165, 1.54) is 0 Å². The van der Waals surface area contributed by atoms with Crippen LogP contribution in [0.1, 0.15) is 0 Å². The Kier molecular flexibility index (Phi) is 11.0. The normalized spacial score (nSPS) is 51.8. The van der Waals surface area contributed by atoms with Crippen molar-refractivity contribution in [1.82, 2.24) is 0 Å². The van der Waals surface area contributed by atoms with Gasteiger partial charge in [0, 0.05) is 23.1 Å². The molecule has 3 heterocycles. The van der Waals surface area contributed by atoms with Crippen LogP contribution >= 0.6 is 61.3 Å². The first kappa shape index (κ1) is 31.6. The maximum Gasteiger partial charge on any atom is 0.501 e. The van der Waals surface area contributed by atoms with Gasteiger partial charge in [-0.3, -0.25) is 0 Å². The average molecular weight is 721 g/mol. The molecule has 3 saturated heterocycles. The molecule has 3 rings (SSSR count). The zero-order valence-corrected chi connectivity index (χ0v) is 32.8. The molecule has 12 nitrogen and oxygen atoms in total. The van der Waals surface area contributed by atoms with Gasteiger partial charge in [0.15, 0.2) is 0 Å². The van der Waals surface area contributed by atoms with Crippen molar-refractivity contribution >= 4 is 122 Å². The highest BCUT2D eigenvalue weighted by Crippen LogP contribution is 2.51. The standard InChI is InChI=1S/C7H31O12P7Si7/c1-24-31-13-27(8,4-20)11-30(7-23)12-28(9,5-21)14-32(25-2,16-29(10,6-22)15-31)19-33(17-30,18-31)26-3/h8-10,24-26H,4-7,20-23H2,1-3H3. The summed E-state index contributed by atoms with van der Waals surface area (Å²) in [7, 11) is -17.7. The Bertz CT molecular complexity index is 624. The molecule has 0 aliphatic carbocycles. The zero-order valence-electron chi connectivity index (χ0n) is 18.2. The lowest BCUT2D eigenvalue weighted by atomic mass is 11.9. The Hall–Kier alpha value is 4.05. The molecule has 0 spiro atoms. The Labute approximate surface area is 215 Å². The summed E-state index contributed by atoms with van der Waals surface area (Å²) in [4.78, 5) is 34.5. The Morgan fingerprint density at radius 3 is 1.06 bits per heavy atom. The molecule has 0 aromatic rings.